The van der Waals surface area contributed by atoms with E-state index in [0.29, 0.717) is 16.7 Å². The molecular formula is C15H21ClN2O2. The third-order valence-electron chi connectivity index (χ3n) is 3.02. The number of carbonyl (C=O) groups is 1. The molecule has 0 aliphatic heterocycles. The highest BCUT2D eigenvalue weighted by Crippen LogP contribution is 2.20. The zero-order valence-electron chi connectivity index (χ0n) is 12.1. The van der Waals surface area contributed by atoms with Gasteiger partial charge in [-0.15, -0.1) is 0 Å². The van der Waals surface area contributed by atoms with E-state index in [9.17, 15) is 4.79 Å². The van der Waals surface area contributed by atoms with Crippen LogP contribution in [-0.2, 0) is 4.79 Å². The summed E-state index contributed by atoms with van der Waals surface area (Å²) in [5.41, 5.74) is 3.37. The molecule has 1 rings (SSSR count). The van der Waals surface area contributed by atoms with Gasteiger partial charge in [0.2, 0.25) is 0 Å². The van der Waals surface area contributed by atoms with Crippen molar-refractivity contribution in [3.05, 3.63) is 28.8 Å². The fourth-order valence-electron chi connectivity index (χ4n) is 1.60. The molecule has 0 saturated heterocycles. The molecule has 0 radical (unpaired) electrons. The van der Waals surface area contributed by atoms with Gasteiger partial charge in [0.15, 0.2) is 6.61 Å². The number of rotatable bonds is 7. The highest BCUT2D eigenvalue weighted by atomic mass is 35.5. The van der Waals surface area contributed by atoms with Crippen LogP contribution in [0.25, 0.3) is 0 Å². The molecule has 5 heteroatoms. The number of hydrogen-bond acceptors (Lipinski definition) is 3. The van der Waals surface area contributed by atoms with Crippen LogP contribution in [0.2, 0.25) is 5.02 Å². The molecule has 110 valence electrons. The van der Waals surface area contributed by atoms with E-state index in [2.05, 4.69) is 24.4 Å². The molecule has 0 spiro atoms. The normalized spacial score (nSPS) is 11.1. The van der Waals surface area contributed by atoms with Crippen molar-refractivity contribution < 1.29 is 9.53 Å². The van der Waals surface area contributed by atoms with Crippen LogP contribution in [0.3, 0.4) is 0 Å². The summed E-state index contributed by atoms with van der Waals surface area (Å²) in [6, 6.07) is 5.27. The van der Waals surface area contributed by atoms with Gasteiger partial charge in [0.25, 0.3) is 5.91 Å². The predicted octanol–water partition coefficient (Wildman–Crippen LogP) is 3.57. The van der Waals surface area contributed by atoms with Crippen LogP contribution < -0.4 is 10.2 Å². The minimum atomic E-state index is -0.278. The van der Waals surface area contributed by atoms with Crippen molar-refractivity contribution in [3.63, 3.8) is 0 Å². The Labute approximate surface area is 125 Å². The molecule has 0 saturated carbocycles. The molecule has 1 amide bonds. The van der Waals surface area contributed by atoms with Gasteiger partial charge in [0.05, 0.1) is 0 Å². The van der Waals surface area contributed by atoms with E-state index < -0.39 is 0 Å². The summed E-state index contributed by atoms with van der Waals surface area (Å²) >= 11 is 5.91. The fourth-order valence-corrected chi connectivity index (χ4v) is 1.72. The van der Waals surface area contributed by atoms with Gasteiger partial charge in [-0.25, -0.2) is 5.43 Å². The van der Waals surface area contributed by atoms with Crippen LogP contribution in [0.5, 0.6) is 5.75 Å². The Hall–Kier alpha value is -1.55. The topological polar surface area (TPSA) is 50.7 Å². The number of nitrogens with one attached hydrogen (secondary N) is 1. The molecule has 0 heterocycles. The molecule has 1 aromatic rings. The second-order valence-corrected chi connectivity index (χ2v) is 5.00. The number of benzene rings is 1. The minimum absolute atomic E-state index is 0.0681. The summed E-state index contributed by atoms with van der Waals surface area (Å²) < 4.78 is 5.37. The summed E-state index contributed by atoms with van der Waals surface area (Å²) in [5, 5.41) is 4.61. The number of hydrogen-bond donors (Lipinski definition) is 1. The maximum Gasteiger partial charge on any atom is 0.277 e. The summed E-state index contributed by atoms with van der Waals surface area (Å²) in [5.74, 6) is 0.737. The van der Waals surface area contributed by atoms with Crippen LogP contribution in [0.15, 0.2) is 23.3 Å². The first kappa shape index (κ1) is 16.5. The van der Waals surface area contributed by atoms with Gasteiger partial charge >= 0.3 is 0 Å². The first-order valence-corrected chi connectivity index (χ1v) is 7.15. The highest BCUT2D eigenvalue weighted by molar-refractivity contribution is 6.31. The van der Waals surface area contributed by atoms with Crippen molar-refractivity contribution in [1.82, 2.24) is 5.43 Å². The Morgan fingerprint density at radius 2 is 2.15 bits per heavy atom. The molecule has 1 N–H and O–H groups in total. The zero-order valence-corrected chi connectivity index (χ0v) is 12.9. The molecule has 0 aliphatic carbocycles. The Morgan fingerprint density at radius 3 is 2.75 bits per heavy atom. The lowest BCUT2D eigenvalue weighted by atomic mass is 10.1. The number of nitrogens with zero attached hydrogens (tertiary/aromatic N) is 1. The van der Waals surface area contributed by atoms with E-state index in [0.717, 1.165) is 18.4 Å². The van der Waals surface area contributed by atoms with Gasteiger partial charge in [-0.05, 0) is 49.4 Å². The second-order valence-electron chi connectivity index (χ2n) is 4.59. The summed E-state index contributed by atoms with van der Waals surface area (Å²) in [7, 11) is 0. The van der Waals surface area contributed by atoms with Crippen LogP contribution in [0.1, 0.15) is 32.3 Å². The average molecular weight is 297 g/mol. The van der Waals surface area contributed by atoms with E-state index in [1.54, 1.807) is 24.4 Å². The van der Waals surface area contributed by atoms with Crippen molar-refractivity contribution in [2.45, 2.75) is 33.6 Å². The molecule has 0 aromatic heterocycles. The van der Waals surface area contributed by atoms with Crippen molar-refractivity contribution in [3.8, 4) is 5.75 Å². The summed E-state index contributed by atoms with van der Waals surface area (Å²) in [6.45, 7) is 6.00. The maximum absolute atomic E-state index is 11.6. The van der Waals surface area contributed by atoms with E-state index in [4.69, 9.17) is 16.3 Å². The molecule has 1 aromatic carbocycles. The van der Waals surface area contributed by atoms with Gasteiger partial charge in [-0.3, -0.25) is 4.79 Å². The molecule has 4 nitrogen and oxygen atoms in total. The van der Waals surface area contributed by atoms with Crippen molar-refractivity contribution in [1.29, 1.82) is 0 Å². The van der Waals surface area contributed by atoms with Crippen molar-refractivity contribution in [2.24, 2.45) is 11.0 Å². The molecule has 0 atom stereocenters. The average Bonchev–Trinajstić information content (AvgIpc) is 2.45. The molecular weight excluding hydrogens is 276 g/mol. The monoisotopic (exact) mass is 296 g/mol. The highest BCUT2D eigenvalue weighted by Gasteiger charge is 2.04. The van der Waals surface area contributed by atoms with Crippen LogP contribution in [0, 0.1) is 12.8 Å². The number of halogens is 1. The second kappa shape index (κ2) is 8.59. The Morgan fingerprint density at radius 1 is 1.45 bits per heavy atom. The summed E-state index contributed by atoms with van der Waals surface area (Å²) in [4.78, 5) is 11.6. The Bertz CT molecular complexity index is 471. The third-order valence-corrected chi connectivity index (χ3v) is 3.45. The van der Waals surface area contributed by atoms with E-state index in [1.165, 1.54) is 0 Å². The van der Waals surface area contributed by atoms with Crippen molar-refractivity contribution in [2.75, 3.05) is 6.61 Å². The van der Waals surface area contributed by atoms with Crippen molar-refractivity contribution >= 4 is 23.7 Å². The molecule has 0 bridgehead atoms. The molecule has 0 fully saturated rings. The molecule has 20 heavy (non-hydrogen) atoms. The van der Waals surface area contributed by atoms with Gasteiger partial charge in [-0.1, -0.05) is 25.4 Å². The first-order chi connectivity index (χ1) is 9.56. The van der Waals surface area contributed by atoms with Crippen LogP contribution in [-0.4, -0.2) is 18.7 Å². The standard InChI is InChI=1S/C15H21ClN2O2/c1-4-12(5-2)9-17-18-15(19)10-20-13-6-7-14(16)11(3)8-13/h6-9,12H,4-5,10H2,1-3H3,(H,18,19)/b17-9-. The number of carbonyl (C=O) groups excluding carboxylic acids is 1. The van der Waals surface area contributed by atoms with Crippen LogP contribution in [0.4, 0.5) is 0 Å². The first-order valence-electron chi connectivity index (χ1n) is 6.77. The lowest BCUT2D eigenvalue weighted by molar-refractivity contribution is -0.123. The summed E-state index contributed by atoms with van der Waals surface area (Å²) in [6.07, 6.45) is 3.79. The van der Waals surface area contributed by atoms with E-state index in [-0.39, 0.29) is 12.5 Å². The SMILES string of the molecule is CCC(/C=N\NC(=O)COc1ccc(Cl)c(C)c1)CC. The smallest absolute Gasteiger partial charge is 0.277 e. The largest absolute Gasteiger partial charge is 0.484 e. The van der Waals surface area contributed by atoms with Gasteiger partial charge in [0.1, 0.15) is 5.75 Å². The van der Waals surface area contributed by atoms with Crippen LogP contribution >= 0.6 is 11.6 Å². The number of hydrazone groups is 1. The Balaban J connectivity index is 2.38. The zero-order chi connectivity index (χ0) is 15.0. The quantitative estimate of drug-likeness (QED) is 0.618. The Kier molecular flexibility index (Phi) is 7.09. The van der Waals surface area contributed by atoms with E-state index in [1.807, 2.05) is 6.92 Å². The molecule has 0 aliphatic rings. The lowest BCUT2D eigenvalue weighted by Gasteiger charge is -2.07. The van der Waals surface area contributed by atoms with Gasteiger partial charge in [0, 0.05) is 11.2 Å². The van der Waals surface area contributed by atoms with Gasteiger partial charge < -0.3 is 4.74 Å². The maximum atomic E-state index is 11.6. The minimum Gasteiger partial charge on any atom is -0.484 e. The number of ether oxygens (including phenoxy) is 1. The predicted molar refractivity (Wildman–Crippen MR) is 82.4 cm³/mol. The number of aryl methyl sites for hydroxylation is 1. The number of amides is 1. The van der Waals surface area contributed by atoms with E-state index >= 15 is 0 Å². The third kappa shape index (κ3) is 5.61. The fraction of sp³-hybridized carbons (Fsp3) is 0.467. The molecule has 0 unspecified atom stereocenters. The van der Waals surface area contributed by atoms with Gasteiger partial charge in [-0.2, -0.15) is 5.10 Å². The lowest BCUT2D eigenvalue weighted by Crippen LogP contribution is -2.25.